The van der Waals surface area contributed by atoms with Gasteiger partial charge in [-0.2, -0.15) is 0 Å². The predicted octanol–water partition coefficient (Wildman–Crippen LogP) is 2.61. The lowest BCUT2D eigenvalue weighted by atomic mass is 9.79. The van der Waals surface area contributed by atoms with E-state index in [9.17, 15) is 4.79 Å². The third-order valence-corrected chi connectivity index (χ3v) is 4.96. The van der Waals surface area contributed by atoms with Crippen LogP contribution in [0.1, 0.15) is 37.8 Å². The van der Waals surface area contributed by atoms with Gasteiger partial charge in [0.1, 0.15) is 0 Å². The Bertz CT molecular complexity index is 526. The van der Waals surface area contributed by atoms with Crippen molar-refractivity contribution in [3.05, 3.63) is 42.7 Å². The number of piperidine rings is 2. The van der Waals surface area contributed by atoms with Crippen molar-refractivity contribution in [2.75, 3.05) is 19.6 Å². The van der Waals surface area contributed by atoms with Crippen LogP contribution in [0.5, 0.6) is 0 Å². The zero-order chi connectivity index (χ0) is 15.4. The molecule has 1 amide bonds. The lowest BCUT2D eigenvalue weighted by Crippen LogP contribution is -2.62. The molecule has 3 heterocycles. The Morgan fingerprint density at radius 3 is 2.95 bits per heavy atom. The Morgan fingerprint density at radius 1 is 1.32 bits per heavy atom. The van der Waals surface area contributed by atoms with Gasteiger partial charge >= 0.3 is 0 Å². The van der Waals surface area contributed by atoms with Gasteiger partial charge in [-0.3, -0.25) is 14.7 Å². The lowest BCUT2D eigenvalue weighted by Gasteiger charge is -2.52. The van der Waals surface area contributed by atoms with Crippen LogP contribution in [-0.4, -0.2) is 45.9 Å². The van der Waals surface area contributed by atoms with Gasteiger partial charge in [0.25, 0.3) is 0 Å². The van der Waals surface area contributed by atoms with Gasteiger partial charge in [0.2, 0.25) is 5.91 Å². The highest BCUT2D eigenvalue weighted by atomic mass is 16.2. The molecule has 4 heteroatoms. The number of aromatic nitrogens is 1. The summed E-state index contributed by atoms with van der Waals surface area (Å²) in [5.41, 5.74) is 1.12. The van der Waals surface area contributed by atoms with E-state index in [-0.39, 0.29) is 5.54 Å². The number of pyridine rings is 1. The fourth-order valence-electron chi connectivity index (χ4n) is 4.01. The summed E-state index contributed by atoms with van der Waals surface area (Å²) in [4.78, 5) is 21.4. The van der Waals surface area contributed by atoms with Crippen molar-refractivity contribution in [3.8, 4) is 0 Å². The molecule has 0 radical (unpaired) electrons. The summed E-state index contributed by atoms with van der Waals surface area (Å²) in [6.45, 7) is 7.44. The summed E-state index contributed by atoms with van der Waals surface area (Å²) in [7, 11) is 0. The fourth-order valence-corrected chi connectivity index (χ4v) is 4.01. The largest absolute Gasteiger partial charge is 0.332 e. The molecule has 2 saturated heterocycles. The molecule has 118 valence electrons. The molecule has 0 bridgehead atoms. The molecule has 2 fully saturated rings. The van der Waals surface area contributed by atoms with E-state index in [0.717, 1.165) is 51.0 Å². The van der Waals surface area contributed by atoms with Gasteiger partial charge in [0.15, 0.2) is 0 Å². The molecule has 1 aromatic heterocycles. The molecular weight excluding hydrogens is 274 g/mol. The molecule has 0 aliphatic carbocycles. The molecule has 0 N–H and O–H groups in total. The number of carbonyl (C=O) groups is 1. The van der Waals surface area contributed by atoms with E-state index in [1.165, 1.54) is 0 Å². The quantitative estimate of drug-likeness (QED) is 0.802. The van der Waals surface area contributed by atoms with Gasteiger partial charge < -0.3 is 4.90 Å². The molecule has 1 aromatic rings. The van der Waals surface area contributed by atoms with Crippen LogP contribution in [0.2, 0.25) is 0 Å². The van der Waals surface area contributed by atoms with Crippen molar-refractivity contribution in [3.63, 3.8) is 0 Å². The van der Waals surface area contributed by atoms with Crippen molar-refractivity contribution in [2.24, 2.45) is 0 Å². The Morgan fingerprint density at radius 2 is 2.18 bits per heavy atom. The number of hydrogen-bond donors (Lipinski definition) is 0. The maximum Gasteiger partial charge on any atom is 0.223 e. The van der Waals surface area contributed by atoms with E-state index in [0.29, 0.717) is 18.9 Å². The first-order valence-corrected chi connectivity index (χ1v) is 8.27. The number of likely N-dealkylation sites (tertiary alicyclic amines) is 2. The van der Waals surface area contributed by atoms with Gasteiger partial charge in [-0.25, -0.2) is 0 Å². The molecule has 3 rings (SSSR count). The Kier molecular flexibility index (Phi) is 4.57. The van der Waals surface area contributed by atoms with Crippen molar-refractivity contribution >= 4 is 5.91 Å². The van der Waals surface area contributed by atoms with Crippen LogP contribution in [0.25, 0.3) is 0 Å². The minimum atomic E-state index is 0.0105. The first kappa shape index (κ1) is 15.2. The maximum absolute atomic E-state index is 12.4. The summed E-state index contributed by atoms with van der Waals surface area (Å²) < 4.78 is 0. The maximum atomic E-state index is 12.4. The average Bonchev–Trinajstić information content (AvgIpc) is 2.53. The first-order chi connectivity index (χ1) is 10.7. The topological polar surface area (TPSA) is 36.4 Å². The average molecular weight is 299 g/mol. The lowest BCUT2D eigenvalue weighted by molar-refractivity contribution is -0.144. The molecule has 1 unspecified atom stereocenters. The second-order valence-corrected chi connectivity index (χ2v) is 6.51. The molecule has 0 aromatic carbocycles. The van der Waals surface area contributed by atoms with Crippen LogP contribution < -0.4 is 0 Å². The summed E-state index contributed by atoms with van der Waals surface area (Å²) in [6, 6.07) is 6.07. The number of amides is 1. The van der Waals surface area contributed by atoms with Crippen molar-refractivity contribution in [1.29, 1.82) is 0 Å². The van der Waals surface area contributed by atoms with E-state index in [1.54, 1.807) is 0 Å². The molecule has 1 atom stereocenters. The van der Waals surface area contributed by atoms with Gasteiger partial charge in [-0.1, -0.05) is 12.1 Å². The summed E-state index contributed by atoms with van der Waals surface area (Å²) in [5.74, 6) is 0.297. The highest BCUT2D eigenvalue weighted by molar-refractivity contribution is 5.78. The zero-order valence-corrected chi connectivity index (χ0v) is 13.2. The first-order valence-electron chi connectivity index (χ1n) is 8.27. The summed E-state index contributed by atoms with van der Waals surface area (Å²) in [6.07, 6.45) is 8.80. The van der Waals surface area contributed by atoms with E-state index in [1.807, 2.05) is 24.4 Å². The number of rotatable bonds is 4. The van der Waals surface area contributed by atoms with Crippen LogP contribution in [0, 0.1) is 0 Å². The fraction of sp³-hybridized carbons (Fsp3) is 0.556. The van der Waals surface area contributed by atoms with E-state index in [4.69, 9.17) is 0 Å². The minimum absolute atomic E-state index is 0.0105. The third kappa shape index (κ3) is 3.07. The van der Waals surface area contributed by atoms with Gasteiger partial charge in [0.05, 0.1) is 11.2 Å². The van der Waals surface area contributed by atoms with Gasteiger partial charge in [-0.05, 0) is 44.4 Å². The normalized spacial score (nSPS) is 26.4. The highest BCUT2D eigenvalue weighted by Crippen LogP contribution is 2.36. The Balaban J connectivity index is 1.75. The van der Waals surface area contributed by atoms with Gasteiger partial charge in [-0.15, -0.1) is 6.58 Å². The summed E-state index contributed by atoms with van der Waals surface area (Å²) >= 11 is 0. The molecule has 2 aliphatic heterocycles. The van der Waals surface area contributed by atoms with Crippen LogP contribution >= 0.6 is 0 Å². The van der Waals surface area contributed by atoms with Crippen LogP contribution in [0.4, 0.5) is 0 Å². The standard InChI is InChI=1S/C18H25N3O/c1-2-12-21-17(22)8-5-9-18(21)10-6-13-20(15-18)14-16-7-3-4-11-19-16/h2-4,7,11H,1,5-6,8-10,12-15H2. The summed E-state index contributed by atoms with van der Waals surface area (Å²) in [5, 5.41) is 0. The smallest absolute Gasteiger partial charge is 0.223 e. The SMILES string of the molecule is C=CCN1C(=O)CCCC12CCCN(Cc1ccccn1)C2. The Hall–Kier alpha value is -1.68. The van der Waals surface area contributed by atoms with E-state index >= 15 is 0 Å². The molecular formula is C18H25N3O. The predicted molar refractivity (Wildman–Crippen MR) is 87.2 cm³/mol. The minimum Gasteiger partial charge on any atom is -0.332 e. The number of carbonyl (C=O) groups excluding carboxylic acids is 1. The molecule has 1 spiro atoms. The second kappa shape index (κ2) is 6.61. The molecule has 4 nitrogen and oxygen atoms in total. The third-order valence-electron chi connectivity index (χ3n) is 4.96. The van der Waals surface area contributed by atoms with Crippen LogP contribution in [-0.2, 0) is 11.3 Å². The molecule has 2 aliphatic rings. The number of hydrogen-bond acceptors (Lipinski definition) is 3. The van der Waals surface area contributed by atoms with Crippen LogP contribution in [0.15, 0.2) is 37.1 Å². The zero-order valence-electron chi connectivity index (χ0n) is 13.2. The Labute approximate surface area is 132 Å². The van der Waals surface area contributed by atoms with E-state index in [2.05, 4.69) is 27.4 Å². The van der Waals surface area contributed by atoms with Crippen molar-refractivity contribution in [1.82, 2.24) is 14.8 Å². The van der Waals surface area contributed by atoms with E-state index < -0.39 is 0 Å². The molecule has 22 heavy (non-hydrogen) atoms. The van der Waals surface area contributed by atoms with Crippen molar-refractivity contribution in [2.45, 2.75) is 44.2 Å². The van der Waals surface area contributed by atoms with Crippen molar-refractivity contribution < 1.29 is 4.79 Å². The molecule has 0 saturated carbocycles. The number of nitrogens with zero attached hydrogens (tertiary/aromatic N) is 3. The highest BCUT2D eigenvalue weighted by Gasteiger charge is 2.44. The monoisotopic (exact) mass is 299 g/mol. The second-order valence-electron chi connectivity index (χ2n) is 6.51. The van der Waals surface area contributed by atoms with Crippen LogP contribution in [0.3, 0.4) is 0 Å². The van der Waals surface area contributed by atoms with Gasteiger partial charge in [0, 0.05) is 32.3 Å².